The van der Waals surface area contributed by atoms with Crippen molar-refractivity contribution in [2.24, 2.45) is 0 Å². The van der Waals surface area contributed by atoms with Crippen molar-refractivity contribution in [3.63, 3.8) is 0 Å². The topological polar surface area (TPSA) is 54.4 Å². The van der Waals surface area contributed by atoms with Gasteiger partial charge in [0.15, 0.2) is 21.2 Å². The number of aromatic carboxylic acids is 1. The van der Waals surface area contributed by atoms with E-state index in [1.165, 1.54) is 0 Å². The molecular formula is C15H9IO3. The number of halogens is 1. The van der Waals surface area contributed by atoms with Gasteiger partial charge >= 0.3 is 5.97 Å². The highest BCUT2D eigenvalue weighted by molar-refractivity contribution is 14.1. The molecule has 0 aliphatic heterocycles. The van der Waals surface area contributed by atoms with E-state index in [4.69, 9.17) is 0 Å². The second-order valence-corrected chi connectivity index (χ2v) is 5.68. The van der Waals surface area contributed by atoms with Gasteiger partial charge in [0.25, 0.3) is 0 Å². The molecule has 3 aromatic rings. The van der Waals surface area contributed by atoms with Crippen LogP contribution in [0.3, 0.4) is 0 Å². The van der Waals surface area contributed by atoms with Crippen molar-refractivity contribution in [2.75, 3.05) is 0 Å². The molecule has 1 N–H and O–H groups in total. The smallest absolute Gasteiger partial charge is 0.337 e. The van der Waals surface area contributed by atoms with Gasteiger partial charge in [0.1, 0.15) is 0 Å². The summed E-state index contributed by atoms with van der Waals surface area (Å²) in [5.74, 6) is -1.02. The Hall–Kier alpha value is -1.82. The van der Waals surface area contributed by atoms with Crippen molar-refractivity contribution in [1.29, 1.82) is 0 Å². The van der Waals surface area contributed by atoms with Crippen LogP contribution < -0.4 is 0 Å². The van der Waals surface area contributed by atoms with E-state index in [9.17, 15) is 13.0 Å². The molecule has 3 nitrogen and oxygen atoms in total. The first-order valence-corrected chi connectivity index (χ1v) is 7.64. The first-order valence-electron chi connectivity index (χ1n) is 5.68. The Labute approximate surface area is 119 Å². The van der Waals surface area contributed by atoms with E-state index in [-0.39, 0.29) is 5.56 Å². The monoisotopic (exact) mass is 364 g/mol. The second-order valence-electron chi connectivity index (χ2n) is 4.16. The summed E-state index contributed by atoms with van der Waals surface area (Å²) in [5.41, 5.74) is 0.178. The SMILES string of the molecule is O=Ic1c(C(=O)O)c2ccccc2c2ccccc12. The summed E-state index contributed by atoms with van der Waals surface area (Å²) in [5, 5.41) is 12.7. The molecule has 94 valence electrons. The summed E-state index contributed by atoms with van der Waals surface area (Å²) in [6.45, 7) is 0. The predicted molar refractivity (Wildman–Crippen MR) is 81.8 cm³/mol. The van der Waals surface area contributed by atoms with E-state index in [0.29, 0.717) is 8.96 Å². The van der Waals surface area contributed by atoms with E-state index in [0.717, 1.165) is 16.2 Å². The molecule has 0 amide bonds. The molecule has 0 unspecified atom stereocenters. The number of carboxylic acid groups (broad SMARTS) is 1. The molecule has 0 radical (unpaired) electrons. The Balaban J connectivity index is 2.69. The molecule has 0 saturated heterocycles. The average molecular weight is 364 g/mol. The second kappa shape index (κ2) is 4.70. The van der Waals surface area contributed by atoms with Gasteiger partial charge in [-0.3, -0.25) is 3.07 Å². The minimum atomic E-state index is -1.55. The lowest BCUT2D eigenvalue weighted by atomic mass is 9.97. The normalized spacial score (nSPS) is 10.9. The number of hydrogen-bond donors (Lipinski definition) is 1. The molecule has 0 aliphatic carbocycles. The molecule has 19 heavy (non-hydrogen) atoms. The zero-order valence-corrected chi connectivity index (χ0v) is 11.9. The third-order valence-electron chi connectivity index (χ3n) is 3.16. The Morgan fingerprint density at radius 1 is 0.842 bits per heavy atom. The van der Waals surface area contributed by atoms with Crippen LogP contribution in [-0.4, -0.2) is 11.1 Å². The molecule has 0 heterocycles. The average Bonchev–Trinajstić information content (AvgIpc) is 2.45. The molecule has 0 atom stereocenters. The van der Waals surface area contributed by atoms with Gasteiger partial charge in [-0.1, -0.05) is 48.5 Å². The Morgan fingerprint density at radius 3 is 1.84 bits per heavy atom. The van der Waals surface area contributed by atoms with E-state index in [2.05, 4.69) is 0 Å². The third-order valence-corrected chi connectivity index (χ3v) is 4.72. The van der Waals surface area contributed by atoms with Crippen LogP contribution in [0.5, 0.6) is 0 Å². The van der Waals surface area contributed by atoms with Crippen LogP contribution in [-0.2, 0) is 3.07 Å². The summed E-state index contributed by atoms with van der Waals surface area (Å²) in [7, 11) is 0. The minimum Gasteiger partial charge on any atom is -0.478 e. The summed E-state index contributed by atoms with van der Waals surface area (Å²) in [6.07, 6.45) is 0. The van der Waals surface area contributed by atoms with E-state index >= 15 is 0 Å². The van der Waals surface area contributed by atoms with Crippen molar-refractivity contribution in [3.05, 3.63) is 57.7 Å². The molecule has 0 aliphatic rings. The summed E-state index contributed by atoms with van der Waals surface area (Å²) >= 11 is -1.55. The van der Waals surface area contributed by atoms with Crippen molar-refractivity contribution in [3.8, 4) is 0 Å². The highest BCUT2D eigenvalue weighted by Crippen LogP contribution is 2.35. The Kier molecular flexibility index (Phi) is 3.02. The van der Waals surface area contributed by atoms with Gasteiger partial charge in [0.2, 0.25) is 0 Å². The van der Waals surface area contributed by atoms with Crippen LogP contribution >= 0.6 is 21.2 Å². The van der Waals surface area contributed by atoms with Crippen LogP contribution in [0.1, 0.15) is 10.4 Å². The fourth-order valence-electron chi connectivity index (χ4n) is 2.39. The summed E-state index contributed by atoms with van der Waals surface area (Å²) in [6, 6.07) is 14.9. The lowest BCUT2D eigenvalue weighted by Crippen LogP contribution is -2.02. The highest BCUT2D eigenvalue weighted by Gasteiger charge is 2.18. The summed E-state index contributed by atoms with van der Waals surface area (Å²) in [4.78, 5) is 11.5. The van der Waals surface area contributed by atoms with Gasteiger partial charge in [0, 0.05) is 0 Å². The Bertz CT molecular complexity index is 824. The summed E-state index contributed by atoms with van der Waals surface area (Å²) < 4.78 is 12.0. The van der Waals surface area contributed by atoms with Crippen molar-refractivity contribution >= 4 is 48.7 Å². The maximum atomic E-state index is 11.6. The lowest BCUT2D eigenvalue weighted by molar-refractivity contribution is 0.0698. The largest absolute Gasteiger partial charge is 0.478 e. The fraction of sp³-hybridized carbons (Fsp3) is 0. The minimum absolute atomic E-state index is 0.178. The maximum Gasteiger partial charge on any atom is 0.337 e. The van der Waals surface area contributed by atoms with Crippen LogP contribution in [0.2, 0.25) is 0 Å². The number of hydrogen-bond acceptors (Lipinski definition) is 2. The number of fused-ring (bicyclic) bond motifs is 3. The first kappa shape index (κ1) is 12.2. The van der Waals surface area contributed by atoms with Gasteiger partial charge in [-0.25, -0.2) is 4.79 Å². The van der Waals surface area contributed by atoms with Crippen LogP contribution in [0.15, 0.2) is 48.5 Å². The van der Waals surface area contributed by atoms with Crippen molar-refractivity contribution in [2.45, 2.75) is 0 Å². The van der Waals surface area contributed by atoms with Gasteiger partial charge in [-0.15, -0.1) is 0 Å². The number of carboxylic acids is 1. The standard InChI is InChI=1S/C15H9IO3/c17-15(18)13-11-7-3-1-5-9(11)10-6-2-4-8-12(10)14(13)16-19/h1-8H,(H,17,18). The van der Waals surface area contributed by atoms with Crippen molar-refractivity contribution in [1.82, 2.24) is 0 Å². The van der Waals surface area contributed by atoms with E-state index in [1.54, 1.807) is 12.1 Å². The lowest BCUT2D eigenvalue weighted by Gasteiger charge is -2.10. The molecule has 0 bridgehead atoms. The molecule has 0 aromatic heterocycles. The van der Waals surface area contributed by atoms with Crippen molar-refractivity contribution < 1.29 is 13.0 Å². The molecular weight excluding hydrogens is 355 g/mol. The molecule has 3 rings (SSSR count). The highest BCUT2D eigenvalue weighted by atomic mass is 127. The van der Waals surface area contributed by atoms with Gasteiger partial charge < -0.3 is 5.11 Å². The first-order chi connectivity index (χ1) is 9.24. The van der Waals surface area contributed by atoms with E-state index < -0.39 is 27.2 Å². The van der Waals surface area contributed by atoms with Gasteiger partial charge in [0.05, 0.1) is 9.13 Å². The molecule has 0 spiro atoms. The van der Waals surface area contributed by atoms with Gasteiger partial charge in [-0.2, -0.15) is 0 Å². The van der Waals surface area contributed by atoms with Crippen LogP contribution in [0.4, 0.5) is 0 Å². The molecule has 0 fully saturated rings. The zero-order chi connectivity index (χ0) is 13.4. The number of benzene rings is 3. The predicted octanol–water partition coefficient (Wildman–Crippen LogP) is 4.18. The molecule has 4 heteroatoms. The van der Waals surface area contributed by atoms with Gasteiger partial charge in [-0.05, 0) is 21.5 Å². The number of carbonyl (C=O) groups is 1. The van der Waals surface area contributed by atoms with E-state index in [1.807, 2.05) is 36.4 Å². The fourth-order valence-corrected chi connectivity index (χ4v) is 3.84. The quantitative estimate of drug-likeness (QED) is 0.548. The zero-order valence-electron chi connectivity index (χ0n) is 9.76. The number of rotatable bonds is 2. The Morgan fingerprint density at radius 2 is 1.32 bits per heavy atom. The third kappa shape index (κ3) is 1.83. The molecule has 0 saturated carbocycles. The van der Waals surface area contributed by atoms with Crippen LogP contribution in [0.25, 0.3) is 21.5 Å². The van der Waals surface area contributed by atoms with Crippen LogP contribution in [0, 0.1) is 3.57 Å². The molecule has 3 aromatic carbocycles. The maximum absolute atomic E-state index is 11.6.